The molecule has 2 aliphatic rings. The normalized spacial score (nSPS) is 19.8. The van der Waals surface area contributed by atoms with E-state index >= 15 is 0 Å². The minimum Gasteiger partial charge on any atom is -0.0587 e. The Kier molecular flexibility index (Phi) is 4.24. The molecule has 0 bridgehead atoms. The van der Waals surface area contributed by atoms with Gasteiger partial charge in [0.05, 0.1) is 0 Å². The Morgan fingerprint density at radius 2 is 1.00 bits per heavy atom. The second kappa shape index (κ2) is 6.39. The maximum absolute atomic E-state index is 2.50. The van der Waals surface area contributed by atoms with Crippen LogP contribution in [0.5, 0.6) is 0 Å². The summed E-state index contributed by atoms with van der Waals surface area (Å²) < 4.78 is 0. The van der Waals surface area contributed by atoms with Crippen LogP contribution in [0.15, 0.2) is 36.4 Å². The lowest BCUT2D eigenvalue weighted by atomic mass is 9.70. The zero-order valence-electron chi connectivity index (χ0n) is 15.3. The number of hydrogen-bond donors (Lipinski definition) is 0. The van der Waals surface area contributed by atoms with Crippen molar-refractivity contribution >= 4 is 0 Å². The molecule has 0 radical (unpaired) electrons. The lowest BCUT2D eigenvalue weighted by Crippen LogP contribution is -2.26. The summed E-state index contributed by atoms with van der Waals surface area (Å²) in [5.41, 5.74) is 9.37. The minimum absolute atomic E-state index is 0.278. The van der Waals surface area contributed by atoms with Crippen molar-refractivity contribution in [1.29, 1.82) is 0 Å². The van der Waals surface area contributed by atoms with Crippen molar-refractivity contribution in [2.45, 2.75) is 77.0 Å². The van der Waals surface area contributed by atoms with Crippen molar-refractivity contribution in [2.24, 2.45) is 0 Å². The maximum atomic E-state index is 2.50. The Hall–Kier alpha value is -1.56. The first-order valence-corrected chi connectivity index (χ1v) is 9.93. The summed E-state index contributed by atoms with van der Waals surface area (Å²) in [5, 5.41) is 0. The van der Waals surface area contributed by atoms with Gasteiger partial charge in [0.1, 0.15) is 0 Å². The number of benzene rings is 2. The van der Waals surface area contributed by atoms with Crippen molar-refractivity contribution in [2.75, 3.05) is 0 Å². The highest BCUT2D eigenvalue weighted by molar-refractivity contribution is 5.81. The first kappa shape index (κ1) is 15.9. The van der Waals surface area contributed by atoms with E-state index in [2.05, 4.69) is 50.2 Å². The predicted molar refractivity (Wildman–Crippen MR) is 104 cm³/mol. The van der Waals surface area contributed by atoms with E-state index in [9.17, 15) is 0 Å². The van der Waals surface area contributed by atoms with Gasteiger partial charge in [-0.2, -0.15) is 0 Å². The molecule has 0 unspecified atom stereocenters. The summed E-state index contributed by atoms with van der Waals surface area (Å²) >= 11 is 0. The zero-order valence-corrected chi connectivity index (χ0v) is 15.3. The Morgan fingerprint density at radius 1 is 0.583 bits per heavy atom. The second-order valence-corrected chi connectivity index (χ2v) is 8.16. The number of aryl methyl sites for hydroxylation is 2. The molecule has 2 aromatic rings. The van der Waals surface area contributed by atoms with Gasteiger partial charge in [-0.1, -0.05) is 92.5 Å². The van der Waals surface area contributed by atoms with Crippen molar-refractivity contribution in [3.8, 4) is 11.1 Å². The summed E-state index contributed by atoms with van der Waals surface area (Å²) in [6.45, 7) is 4.50. The maximum Gasteiger partial charge on any atom is 0.0215 e. The van der Waals surface area contributed by atoms with E-state index in [1.807, 2.05) is 0 Å². The number of hydrogen-bond acceptors (Lipinski definition) is 0. The van der Waals surface area contributed by atoms with E-state index in [-0.39, 0.29) is 5.41 Å². The third kappa shape index (κ3) is 2.61. The summed E-state index contributed by atoms with van der Waals surface area (Å²) in [4.78, 5) is 0. The van der Waals surface area contributed by atoms with Crippen molar-refractivity contribution in [3.05, 3.63) is 58.7 Å². The molecular weight excluding hydrogens is 288 g/mol. The monoisotopic (exact) mass is 318 g/mol. The summed E-state index contributed by atoms with van der Waals surface area (Å²) in [6.07, 6.45) is 12.5. The van der Waals surface area contributed by atoms with E-state index < -0.39 is 0 Å². The van der Waals surface area contributed by atoms with Gasteiger partial charge in [0, 0.05) is 5.41 Å². The zero-order chi connectivity index (χ0) is 16.6. The summed E-state index contributed by atoms with van der Waals surface area (Å²) in [6, 6.07) is 14.3. The summed E-state index contributed by atoms with van der Waals surface area (Å²) in [5.74, 6) is 0. The molecule has 1 spiro atoms. The van der Waals surface area contributed by atoms with Gasteiger partial charge >= 0.3 is 0 Å². The van der Waals surface area contributed by atoms with Gasteiger partial charge in [-0.25, -0.2) is 0 Å². The van der Waals surface area contributed by atoms with Gasteiger partial charge in [0.25, 0.3) is 0 Å². The second-order valence-electron chi connectivity index (χ2n) is 8.16. The fourth-order valence-electron chi connectivity index (χ4n) is 5.12. The molecule has 0 heterocycles. The molecular formula is C24H30. The molecule has 1 saturated carbocycles. The van der Waals surface area contributed by atoms with Crippen LogP contribution in [-0.4, -0.2) is 0 Å². The molecule has 4 rings (SSSR count). The lowest BCUT2D eigenvalue weighted by Gasteiger charge is -2.33. The average molecular weight is 319 g/mol. The van der Waals surface area contributed by atoms with E-state index in [1.165, 1.54) is 80.0 Å². The van der Waals surface area contributed by atoms with Gasteiger partial charge in [0.2, 0.25) is 0 Å². The van der Waals surface area contributed by atoms with Crippen LogP contribution in [0.25, 0.3) is 11.1 Å². The highest BCUT2D eigenvalue weighted by Gasteiger charge is 2.42. The van der Waals surface area contributed by atoms with Gasteiger partial charge in [-0.3, -0.25) is 0 Å². The molecule has 0 aromatic heterocycles. The molecule has 0 aliphatic heterocycles. The SMILES string of the molecule is Cc1ccc2c(c1)C1(CCCCCCCCC1)c1cc(C)ccc1-2. The van der Waals surface area contributed by atoms with E-state index in [4.69, 9.17) is 0 Å². The third-order valence-electron chi connectivity index (χ3n) is 6.38. The molecule has 0 N–H and O–H groups in total. The van der Waals surface area contributed by atoms with Crippen LogP contribution in [0, 0.1) is 13.8 Å². The molecule has 126 valence electrons. The topological polar surface area (TPSA) is 0 Å². The Morgan fingerprint density at radius 3 is 1.46 bits per heavy atom. The smallest absolute Gasteiger partial charge is 0.0215 e. The molecule has 0 saturated heterocycles. The largest absolute Gasteiger partial charge is 0.0587 e. The quantitative estimate of drug-likeness (QED) is 0.486. The van der Waals surface area contributed by atoms with Crippen LogP contribution in [-0.2, 0) is 5.41 Å². The standard InChI is InChI=1S/C24H30/c1-18-10-12-20-21-13-11-19(2)17-23(21)24(22(20)16-18)14-8-6-4-3-5-7-9-15-24/h10-13,16-17H,3-9,14-15H2,1-2H3. The molecule has 24 heavy (non-hydrogen) atoms. The molecule has 0 nitrogen and oxygen atoms in total. The van der Waals surface area contributed by atoms with Crippen LogP contribution in [0.2, 0.25) is 0 Å². The molecule has 0 amide bonds. The highest BCUT2D eigenvalue weighted by Crippen LogP contribution is 2.54. The lowest BCUT2D eigenvalue weighted by molar-refractivity contribution is 0.384. The molecule has 2 aliphatic carbocycles. The van der Waals surface area contributed by atoms with Crippen molar-refractivity contribution < 1.29 is 0 Å². The van der Waals surface area contributed by atoms with Gasteiger partial charge in [-0.15, -0.1) is 0 Å². The fourth-order valence-corrected chi connectivity index (χ4v) is 5.12. The van der Waals surface area contributed by atoms with Gasteiger partial charge in [0.15, 0.2) is 0 Å². The van der Waals surface area contributed by atoms with Crippen molar-refractivity contribution in [1.82, 2.24) is 0 Å². The Labute approximate surface area is 147 Å². The highest BCUT2D eigenvalue weighted by atomic mass is 14.4. The van der Waals surface area contributed by atoms with Gasteiger partial charge < -0.3 is 0 Å². The van der Waals surface area contributed by atoms with Crippen LogP contribution < -0.4 is 0 Å². The Bertz CT molecular complexity index is 674. The van der Waals surface area contributed by atoms with Crippen LogP contribution in [0.4, 0.5) is 0 Å². The van der Waals surface area contributed by atoms with E-state index in [1.54, 1.807) is 11.1 Å². The van der Waals surface area contributed by atoms with E-state index in [0.29, 0.717) is 0 Å². The molecule has 0 heteroatoms. The van der Waals surface area contributed by atoms with Crippen LogP contribution in [0.3, 0.4) is 0 Å². The van der Waals surface area contributed by atoms with E-state index in [0.717, 1.165) is 0 Å². The average Bonchev–Trinajstić information content (AvgIpc) is 2.84. The van der Waals surface area contributed by atoms with Crippen molar-refractivity contribution in [3.63, 3.8) is 0 Å². The summed E-state index contributed by atoms with van der Waals surface area (Å²) in [7, 11) is 0. The molecule has 0 atom stereocenters. The number of rotatable bonds is 0. The minimum atomic E-state index is 0.278. The first-order valence-electron chi connectivity index (χ1n) is 9.93. The third-order valence-corrected chi connectivity index (χ3v) is 6.38. The van der Waals surface area contributed by atoms with Crippen LogP contribution in [0.1, 0.15) is 80.0 Å². The first-order chi connectivity index (χ1) is 11.7. The predicted octanol–water partition coefficient (Wildman–Crippen LogP) is 7.09. The Balaban J connectivity index is 1.88. The van der Waals surface area contributed by atoms with Gasteiger partial charge in [-0.05, 0) is 48.9 Å². The van der Waals surface area contributed by atoms with Crippen LogP contribution >= 0.6 is 0 Å². The fraction of sp³-hybridized carbons (Fsp3) is 0.500. The molecule has 2 aromatic carbocycles. The molecule has 1 fully saturated rings. The number of fused-ring (bicyclic) bond motifs is 5.